The predicted octanol–water partition coefficient (Wildman–Crippen LogP) is 3.92. The summed E-state index contributed by atoms with van der Waals surface area (Å²) in [6.45, 7) is -1.05. The smallest absolute Gasteiger partial charge is 0.320 e. The summed E-state index contributed by atoms with van der Waals surface area (Å²) in [5.41, 5.74) is 1.14. The van der Waals surface area contributed by atoms with E-state index in [0.29, 0.717) is 38.5 Å². The number of carbonyl (C=O) groups is 1. The Kier molecular flexibility index (Phi) is 6.50. The summed E-state index contributed by atoms with van der Waals surface area (Å²) in [5, 5.41) is 2.99. The van der Waals surface area contributed by atoms with Crippen molar-refractivity contribution in [2.45, 2.75) is 19.9 Å². The number of nitrogens with zero attached hydrogens (tertiary/aromatic N) is 3. The number of nitrogens with one attached hydrogen (secondary N) is 1. The molecule has 0 atom stereocenters. The number of aryl methyl sites for hydroxylation is 1. The number of amides is 1. The molecular weight excluding hydrogens is 418 g/mol. The Morgan fingerprint density at radius 3 is 2.43 bits per heavy atom. The normalized spacial score (nSPS) is 10.9. The van der Waals surface area contributed by atoms with Gasteiger partial charge in [-0.3, -0.25) is 9.36 Å². The predicted molar refractivity (Wildman–Crippen MR) is 108 cm³/mol. The molecule has 0 unspecified atom stereocenters. The van der Waals surface area contributed by atoms with E-state index in [0.717, 1.165) is 15.9 Å². The van der Waals surface area contributed by atoms with E-state index in [1.807, 2.05) is 0 Å². The Hall–Kier alpha value is -3.21. The number of alkyl halides is 2. The van der Waals surface area contributed by atoms with E-state index >= 15 is 0 Å². The van der Waals surface area contributed by atoms with E-state index in [1.165, 1.54) is 33.7 Å². The number of halogens is 2. The summed E-state index contributed by atoms with van der Waals surface area (Å²) in [4.78, 5) is 21.2. The van der Waals surface area contributed by atoms with Crippen LogP contribution in [0.1, 0.15) is 17.8 Å². The molecule has 3 rings (SSSR count). The quantitative estimate of drug-likeness (QED) is 0.574. The van der Waals surface area contributed by atoms with Gasteiger partial charge in [0.25, 0.3) is 0 Å². The number of thiazole rings is 1. The molecule has 2 aromatic heterocycles. The van der Waals surface area contributed by atoms with Gasteiger partial charge in [0, 0.05) is 12.4 Å². The molecule has 0 aliphatic heterocycles. The fourth-order valence-electron chi connectivity index (χ4n) is 2.89. The van der Waals surface area contributed by atoms with Gasteiger partial charge in [-0.25, -0.2) is 9.97 Å². The van der Waals surface area contributed by atoms with Crippen molar-refractivity contribution in [3.05, 3.63) is 35.8 Å². The van der Waals surface area contributed by atoms with Crippen molar-refractivity contribution in [3.63, 3.8) is 0 Å². The van der Waals surface area contributed by atoms with Crippen LogP contribution in [-0.2, 0) is 11.2 Å². The number of imidazole rings is 1. The molecule has 0 saturated carbocycles. The maximum atomic E-state index is 13.1. The van der Waals surface area contributed by atoms with Gasteiger partial charge in [0.1, 0.15) is 0 Å². The van der Waals surface area contributed by atoms with Gasteiger partial charge >= 0.3 is 6.55 Å². The highest BCUT2D eigenvalue weighted by Crippen LogP contribution is 2.38. The van der Waals surface area contributed by atoms with Crippen molar-refractivity contribution in [2.75, 3.05) is 26.6 Å². The van der Waals surface area contributed by atoms with Crippen LogP contribution in [-0.4, -0.2) is 41.8 Å². The molecule has 2 heterocycles. The molecule has 1 amide bonds. The van der Waals surface area contributed by atoms with Crippen molar-refractivity contribution >= 4 is 22.4 Å². The first-order chi connectivity index (χ1) is 14.4. The topological polar surface area (TPSA) is 87.5 Å². The number of anilines is 1. The van der Waals surface area contributed by atoms with E-state index in [1.54, 1.807) is 19.1 Å². The maximum Gasteiger partial charge on any atom is 0.320 e. The lowest BCUT2D eigenvalue weighted by molar-refractivity contribution is -0.115. The summed E-state index contributed by atoms with van der Waals surface area (Å²) in [6.07, 6.45) is 2.52. The molecular formula is C19H20F2N4O4S. The second-order valence-electron chi connectivity index (χ2n) is 6.13. The van der Waals surface area contributed by atoms with Crippen LogP contribution in [0.5, 0.6) is 17.2 Å². The van der Waals surface area contributed by atoms with Crippen LogP contribution in [0.2, 0.25) is 0 Å². The first-order valence-corrected chi connectivity index (χ1v) is 9.57. The minimum atomic E-state index is -2.72. The van der Waals surface area contributed by atoms with Crippen molar-refractivity contribution < 1.29 is 27.8 Å². The number of rotatable bonds is 8. The van der Waals surface area contributed by atoms with E-state index in [2.05, 4.69) is 15.3 Å². The zero-order valence-electron chi connectivity index (χ0n) is 16.7. The van der Waals surface area contributed by atoms with E-state index < -0.39 is 6.55 Å². The van der Waals surface area contributed by atoms with Crippen molar-refractivity contribution in [2.24, 2.45) is 0 Å². The second kappa shape index (κ2) is 9.08. The lowest BCUT2D eigenvalue weighted by atomic mass is 10.1. The summed E-state index contributed by atoms with van der Waals surface area (Å²) in [7, 11) is 4.48. The summed E-state index contributed by atoms with van der Waals surface area (Å²) in [5.74, 6) is 1.07. The Labute approximate surface area is 175 Å². The average molecular weight is 438 g/mol. The number of hydrogen-bond donors (Lipinski definition) is 1. The van der Waals surface area contributed by atoms with Gasteiger partial charge in [0.2, 0.25) is 11.7 Å². The number of methoxy groups -OCH3 is 3. The van der Waals surface area contributed by atoms with E-state index in [9.17, 15) is 13.6 Å². The molecule has 0 bridgehead atoms. The fourth-order valence-corrected chi connectivity index (χ4v) is 3.87. The minimum Gasteiger partial charge on any atom is -0.493 e. The number of benzene rings is 1. The molecule has 0 fully saturated rings. The third-order valence-corrected chi connectivity index (χ3v) is 5.28. The van der Waals surface area contributed by atoms with Gasteiger partial charge in [0.05, 0.1) is 38.3 Å². The Morgan fingerprint density at radius 2 is 1.87 bits per heavy atom. The highest BCUT2D eigenvalue weighted by Gasteiger charge is 2.20. The van der Waals surface area contributed by atoms with Gasteiger partial charge < -0.3 is 19.5 Å². The van der Waals surface area contributed by atoms with Crippen LogP contribution < -0.4 is 19.5 Å². The van der Waals surface area contributed by atoms with Gasteiger partial charge in [-0.15, -0.1) is 0 Å². The molecule has 0 aliphatic carbocycles. The first-order valence-electron chi connectivity index (χ1n) is 8.75. The molecule has 8 nitrogen and oxygen atoms in total. The number of carbonyl (C=O) groups excluding carboxylic acids is 1. The molecule has 0 spiro atoms. The molecule has 0 saturated heterocycles. The number of hydrogen-bond acceptors (Lipinski definition) is 7. The third-order valence-electron chi connectivity index (χ3n) is 4.21. The van der Waals surface area contributed by atoms with Crippen LogP contribution in [0.25, 0.3) is 10.7 Å². The fraction of sp³-hybridized carbons (Fsp3) is 0.316. The molecule has 0 aliphatic rings. The van der Waals surface area contributed by atoms with Gasteiger partial charge in [-0.1, -0.05) is 11.3 Å². The van der Waals surface area contributed by atoms with Gasteiger partial charge in [-0.05, 0) is 24.6 Å². The summed E-state index contributed by atoms with van der Waals surface area (Å²) >= 11 is 1.08. The van der Waals surface area contributed by atoms with Crippen LogP contribution in [0.3, 0.4) is 0 Å². The standard InChI is InChI=1S/C19H20F2N4O4S/c1-10-16(17-22-5-6-25(17)18(20)21)30-19(23-10)24-14(26)9-11-7-12(27-2)15(29-4)13(8-11)28-3/h5-8,18H,9H2,1-4H3,(H,23,24,26). The highest BCUT2D eigenvalue weighted by molar-refractivity contribution is 7.19. The van der Waals surface area contributed by atoms with Crippen LogP contribution >= 0.6 is 11.3 Å². The summed E-state index contributed by atoms with van der Waals surface area (Å²) < 4.78 is 42.9. The van der Waals surface area contributed by atoms with Gasteiger partial charge in [-0.2, -0.15) is 8.78 Å². The average Bonchev–Trinajstić information content (AvgIpc) is 3.33. The minimum absolute atomic E-state index is 0.0241. The zero-order chi connectivity index (χ0) is 21.8. The molecule has 30 heavy (non-hydrogen) atoms. The Morgan fingerprint density at radius 1 is 1.20 bits per heavy atom. The maximum absolute atomic E-state index is 13.1. The first kappa shape index (κ1) is 21.5. The number of ether oxygens (including phenoxy) is 3. The molecule has 0 radical (unpaired) electrons. The van der Waals surface area contributed by atoms with Crippen LogP contribution in [0.4, 0.5) is 13.9 Å². The van der Waals surface area contributed by atoms with E-state index in [4.69, 9.17) is 14.2 Å². The van der Waals surface area contributed by atoms with Gasteiger partial charge in [0.15, 0.2) is 22.5 Å². The summed E-state index contributed by atoms with van der Waals surface area (Å²) in [6, 6.07) is 3.36. The van der Waals surface area contributed by atoms with Crippen molar-refractivity contribution in [3.8, 4) is 28.0 Å². The molecule has 1 N–H and O–H groups in total. The van der Waals surface area contributed by atoms with Crippen LogP contribution in [0, 0.1) is 6.92 Å². The van der Waals surface area contributed by atoms with E-state index in [-0.39, 0.29) is 18.2 Å². The third kappa shape index (κ3) is 4.35. The SMILES string of the molecule is COc1cc(CC(=O)Nc2nc(C)c(-c3nccn3C(F)F)s2)cc(OC)c1OC. The van der Waals surface area contributed by atoms with Crippen LogP contribution in [0.15, 0.2) is 24.5 Å². The molecule has 3 aromatic rings. The molecule has 11 heteroatoms. The largest absolute Gasteiger partial charge is 0.493 e. The Balaban J connectivity index is 1.78. The van der Waals surface area contributed by atoms with Crippen molar-refractivity contribution in [1.29, 1.82) is 0 Å². The monoisotopic (exact) mass is 438 g/mol. The Bertz CT molecular complexity index is 1030. The lowest BCUT2D eigenvalue weighted by Gasteiger charge is -2.13. The second-order valence-corrected chi connectivity index (χ2v) is 7.13. The lowest BCUT2D eigenvalue weighted by Crippen LogP contribution is -2.14. The zero-order valence-corrected chi connectivity index (χ0v) is 17.5. The van der Waals surface area contributed by atoms with Crippen molar-refractivity contribution in [1.82, 2.24) is 14.5 Å². The molecule has 160 valence electrons. The number of aromatic nitrogens is 3. The molecule has 1 aromatic carbocycles. The highest BCUT2D eigenvalue weighted by atomic mass is 32.1.